The standard InChI is InChI=1S/C16H19NO2/c1-11-9-13-10-14(7-8-15(13)19-11)17-16(18)12-5-3-2-4-6-12/h7-10,12H,2-6H2,1H3,(H,17,18). The van der Waals surface area contributed by atoms with E-state index in [2.05, 4.69) is 5.32 Å². The highest BCUT2D eigenvalue weighted by Gasteiger charge is 2.21. The number of furan rings is 1. The average molecular weight is 257 g/mol. The molecule has 0 spiro atoms. The van der Waals surface area contributed by atoms with Gasteiger partial charge in [0.2, 0.25) is 5.91 Å². The number of amides is 1. The number of carbonyl (C=O) groups is 1. The molecule has 2 aromatic rings. The number of hydrogen-bond donors (Lipinski definition) is 1. The van der Waals surface area contributed by atoms with E-state index in [1.165, 1.54) is 19.3 Å². The van der Waals surface area contributed by atoms with Gasteiger partial charge in [0.25, 0.3) is 0 Å². The monoisotopic (exact) mass is 257 g/mol. The third kappa shape index (κ3) is 2.65. The summed E-state index contributed by atoms with van der Waals surface area (Å²) in [5, 5.41) is 4.07. The summed E-state index contributed by atoms with van der Waals surface area (Å²) in [7, 11) is 0. The van der Waals surface area contributed by atoms with Crippen LogP contribution in [-0.4, -0.2) is 5.91 Å². The largest absolute Gasteiger partial charge is 0.461 e. The van der Waals surface area contributed by atoms with Crippen LogP contribution in [0.1, 0.15) is 37.9 Å². The maximum Gasteiger partial charge on any atom is 0.227 e. The Labute approximate surface area is 113 Å². The van der Waals surface area contributed by atoms with Crippen LogP contribution in [0.4, 0.5) is 5.69 Å². The van der Waals surface area contributed by atoms with Gasteiger partial charge in [0, 0.05) is 17.0 Å². The number of benzene rings is 1. The first-order chi connectivity index (χ1) is 9.22. The first kappa shape index (κ1) is 12.3. The van der Waals surface area contributed by atoms with Gasteiger partial charge in [-0.3, -0.25) is 4.79 Å². The molecule has 1 amide bonds. The summed E-state index contributed by atoms with van der Waals surface area (Å²) >= 11 is 0. The second kappa shape index (κ2) is 5.08. The van der Waals surface area contributed by atoms with Crippen molar-refractivity contribution in [2.24, 2.45) is 5.92 Å². The van der Waals surface area contributed by atoms with Gasteiger partial charge in [-0.15, -0.1) is 0 Å². The first-order valence-electron chi connectivity index (χ1n) is 7.03. The zero-order valence-corrected chi connectivity index (χ0v) is 11.2. The van der Waals surface area contributed by atoms with Gasteiger partial charge in [-0.25, -0.2) is 0 Å². The van der Waals surface area contributed by atoms with Crippen molar-refractivity contribution in [1.29, 1.82) is 0 Å². The van der Waals surface area contributed by atoms with Crippen LogP contribution in [0.25, 0.3) is 11.0 Å². The zero-order valence-electron chi connectivity index (χ0n) is 11.2. The lowest BCUT2D eigenvalue weighted by molar-refractivity contribution is -0.120. The summed E-state index contributed by atoms with van der Waals surface area (Å²) in [6.45, 7) is 1.93. The van der Waals surface area contributed by atoms with Gasteiger partial charge >= 0.3 is 0 Å². The molecule has 1 aliphatic rings. The van der Waals surface area contributed by atoms with Crippen LogP contribution < -0.4 is 5.32 Å². The van der Waals surface area contributed by atoms with Crippen LogP contribution >= 0.6 is 0 Å². The van der Waals surface area contributed by atoms with E-state index in [0.717, 1.165) is 35.3 Å². The highest BCUT2D eigenvalue weighted by atomic mass is 16.3. The molecule has 0 unspecified atom stereocenters. The molecule has 1 heterocycles. The van der Waals surface area contributed by atoms with Crippen molar-refractivity contribution < 1.29 is 9.21 Å². The van der Waals surface area contributed by atoms with E-state index < -0.39 is 0 Å². The summed E-state index contributed by atoms with van der Waals surface area (Å²) in [5.41, 5.74) is 1.73. The third-order valence-electron chi connectivity index (χ3n) is 3.88. The van der Waals surface area contributed by atoms with Crippen LogP contribution in [-0.2, 0) is 4.79 Å². The molecule has 1 fully saturated rings. The lowest BCUT2D eigenvalue weighted by Gasteiger charge is -2.20. The summed E-state index contributed by atoms with van der Waals surface area (Å²) in [5.74, 6) is 1.25. The molecule has 1 aromatic carbocycles. The molecule has 0 atom stereocenters. The topological polar surface area (TPSA) is 42.2 Å². The fourth-order valence-electron chi connectivity index (χ4n) is 2.86. The van der Waals surface area contributed by atoms with Crippen LogP contribution in [0.15, 0.2) is 28.7 Å². The molecule has 0 bridgehead atoms. The van der Waals surface area contributed by atoms with E-state index in [1.54, 1.807) is 0 Å². The molecule has 0 radical (unpaired) electrons. The molecular formula is C16H19NO2. The molecule has 3 heteroatoms. The number of carbonyl (C=O) groups excluding carboxylic acids is 1. The van der Waals surface area contributed by atoms with Gasteiger partial charge < -0.3 is 9.73 Å². The molecule has 100 valence electrons. The van der Waals surface area contributed by atoms with Crippen LogP contribution in [0, 0.1) is 12.8 Å². The van der Waals surface area contributed by atoms with Crippen molar-refractivity contribution >= 4 is 22.6 Å². The normalized spacial score (nSPS) is 16.7. The number of rotatable bonds is 2. The Bertz CT molecular complexity index is 594. The van der Waals surface area contributed by atoms with Crippen molar-refractivity contribution in [2.75, 3.05) is 5.32 Å². The van der Waals surface area contributed by atoms with Gasteiger partial charge in [-0.2, -0.15) is 0 Å². The number of fused-ring (bicyclic) bond motifs is 1. The Morgan fingerprint density at radius 1 is 1.21 bits per heavy atom. The molecule has 1 aromatic heterocycles. The van der Waals surface area contributed by atoms with Crippen molar-refractivity contribution in [2.45, 2.75) is 39.0 Å². The van der Waals surface area contributed by atoms with E-state index in [1.807, 2.05) is 31.2 Å². The number of nitrogens with one attached hydrogen (secondary N) is 1. The molecule has 1 aliphatic carbocycles. The SMILES string of the molecule is Cc1cc2cc(NC(=O)C3CCCCC3)ccc2o1. The summed E-state index contributed by atoms with van der Waals surface area (Å²) in [4.78, 5) is 12.2. The minimum Gasteiger partial charge on any atom is -0.461 e. The van der Waals surface area contributed by atoms with E-state index in [4.69, 9.17) is 4.42 Å². The van der Waals surface area contributed by atoms with Crippen molar-refractivity contribution in [3.8, 4) is 0 Å². The van der Waals surface area contributed by atoms with Gasteiger partial charge in [-0.05, 0) is 44.0 Å². The summed E-state index contributed by atoms with van der Waals surface area (Å²) in [6, 6.07) is 7.79. The van der Waals surface area contributed by atoms with Crippen LogP contribution in [0.3, 0.4) is 0 Å². The van der Waals surface area contributed by atoms with E-state index in [-0.39, 0.29) is 11.8 Å². The highest BCUT2D eigenvalue weighted by Crippen LogP contribution is 2.26. The maximum absolute atomic E-state index is 12.2. The Balaban J connectivity index is 1.74. The van der Waals surface area contributed by atoms with Gasteiger partial charge in [0.05, 0.1) is 0 Å². The maximum atomic E-state index is 12.2. The third-order valence-corrected chi connectivity index (χ3v) is 3.88. The fourth-order valence-corrected chi connectivity index (χ4v) is 2.86. The molecule has 0 saturated heterocycles. The zero-order chi connectivity index (χ0) is 13.2. The van der Waals surface area contributed by atoms with Crippen molar-refractivity contribution in [3.05, 3.63) is 30.0 Å². The van der Waals surface area contributed by atoms with E-state index in [9.17, 15) is 4.79 Å². The number of aryl methyl sites for hydroxylation is 1. The molecular weight excluding hydrogens is 238 g/mol. The van der Waals surface area contributed by atoms with Crippen molar-refractivity contribution in [1.82, 2.24) is 0 Å². The lowest BCUT2D eigenvalue weighted by Crippen LogP contribution is -2.24. The summed E-state index contributed by atoms with van der Waals surface area (Å²) in [6.07, 6.45) is 5.68. The Morgan fingerprint density at radius 3 is 2.79 bits per heavy atom. The molecule has 1 N–H and O–H groups in total. The minimum atomic E-state index is 0.166. The minimum absolute atomic E-state index is 0.166. The van der Waals surface area contributed by atoms with Gasteiger partial charge in [0.1, 0.15) is 11.3 Å². The Hall–Kier alpha value is -1.77. The summed E-state index contributed by atoms with van der Waals surface area (Å²) < 4.78 is 5.53. The first-order valence-corrected chi connectivity index (χ1v) is 7.03. The molecule has 3 rings (SSSR count). The second-order valence-electron chi connectivity index (χ2n) is 5.43. The Kier molecular flexibility index (Phi) is 3.28. The average Bonchev–Trinajstić information content (AvgIpc) is 2.79. The van der Waals surface area contributed by atoms with Crippen molar-refractivity contribution in [3.63, 3.8) is 0 Å². The fraction of sp³-hybridized carbons (Fsp3) is 0.438. The number of hydrogen-bond acceptors (Lipinski definition) is 2. The predicted octanol–water partition coefficient (Wildman–Crippen LogP) is 4.26. The molecule has 1 saturated carbocycles. The molecule has 19 heavy (non-hydrogen) atoms. The highest BCUT2D eigenvalue weighted by molar-refractivity contribution is 5.94. The van der Waals surface area contributed by atoms with Gasteiger partial charge in [0.15, 0.2) is 0 Å². The van der Waals surface area contributed by atoms with Crippen LogP contribution in [0.5, 0.6) is 0 Å². The lowest BCUT2D eigenvalue weighted by atomic mass is 9.88. The quantitative estimate of drug-likeness (QED) is 0.873. The van der Waals surface area contributed by atoms with E-state index in [0.29, 0.717) is 0 Å². The van der Waals surface area contributed by atoms with Gasteiger partial charge in [-0.1, -0.05) is 19.3 Å². The smallest absolute Gasteiger partial charge is 0.227 e. The molecule has 0 aliphatic heterocycles. The number of anilines is 1. The van der Waals surface area contributed by atoms with Crippen LogP contribution in [0.2, 0.25) is 0 Å². The predicted molar refractivity (Wildman–Crippen MR) is 76.2 cm³/mol. The van der Waals surface area contributed by atoms with E-state index >= 15 is 0 Å². The molecule has 3 nitrogen and oxygen atoms in total. The second-order valence-corrected chi connectivity index (χ2v) is 5.43. The Morgan fingerprint density at radius 2 is 2.00 bits per heavy atom.